The molecular weight excluding hydrogens is 178 g/mol. The fraction of sp³-hybridized carbons (Fsp3) is 0.600. The zero-order chi connectivity index (χ0) is 10.1. The van der Waals surface area contributed by atoms with E-state index in [1.165, 1.54) is 6.42 Å². The van der Waals surface area contributed by atoms with E-state index in [2.05, 4.69) is 14.9 Å². The van der Waals surface area contributed by atoms with Crippen LogP contribution in [0.1, 0.15) is 23.5 Å². The van der Waals surface area contributed by atoms with Crippen molar-refractivity contribution in [3.63, 3.8) is 0 Å². The third-order valence-corrected chi connectivity index (χ3v) is 2.77. The van der Waals surface area contributed by atoms with Gasteiger partial charge in [0.15, 0.2) is 0 Å². The molecule has 2 rings (SSSR count). The lowest BCUT2D eigenvalue weighted by atomic mass is 10.2. The summed E-state index contributed by atoms with van der Waals surface area (Å²) in [5, 5.41) is 0. The van der Waals surface area contributed by atoms with Gasteiger partial charge in [-0.3, -0.25) is 9.69 Å². The summed E-state index contributed by atoms with van der Waals surface area (Å²) in [6.07, 6.45) is 1.26. The molecule has 0 bridgehead atoms. The minimum Gasteiger partial charge on any atom is -0.309 e. The Balaban J connectivity index is 2.21. The van der Waals surface area contributed by atoms with Crippen LogP contribution in [0.3, 0.4) is 0 Å². The van der Waals surface area contributed by atoms with Crippen molar-refractivity contribution in [3.8, 4) is 0 Å². The average Bonchev–Trinajstić information content (AvgIpc) is 2.07. The summed E-state index contributed by atoms with van der Waals surface area (Å²) in [4.78, 5) is 20.9. The van der Waals surface area contributed by atoms with Crippen molar-refractivity contribution in [3.05, 3.63) is 27.4 Å². The SMILES string of the molecule is Cc1nc(CN2CCC2)[nH]c(=O)c1C. The van der Waals surface area contributed by atoms with E-state index in [0.717, 1.165) is 36.7 Å². The van der Waals surface area contributed by atoms with Gasteiger partial charge in [0.25, 0.3) is 5.56 Å². The Kier molecular flexibility index (Phi) is 2.37. The molecule has 0 atom stereocenters. The average molecular weight is 193 g/mol. The summed E-state index contributed by atoms with van der Waals surface area (Å²) in [7, 11) is 0. The third kappa shape index (κ3) is 1.70. The van der Waals surface area contributed by atoms with Crippen molar-refractivity contribution >= 4 is 0 Å². The maximum absolute atomic E-state index is 11.4. The highest BCUT2D eigenvalue weighted by Gasteiger charge is 2.15. The zero-order valence-electron chi connectivity index (χ0n) is 8.63. The van der Waals surface area contributed by atoms with Crippen LogP contribution in [0, 0.1) is 13.8 Å². The first kappa shape index (κ1) is 9.40. The maximum atomic E-state index is 11.4. The molecule has 1 aliphatic heterocycles. The van der Waals surface area contributed by atoms with E-state index >= 15 is 0 Å². The number of likely N-dealkylation sites (tertiary alicyclic amines) is 1. The van der Waals surface area contributed by atoms with Crippen LogP contribution in [-0.4, -0.2) is 28.0 Å². The van der Waals surface area contributed by atoms with Gasteiger partial charge in [-0.1, -0.05) is 0 Å². The van der Waals surface area contributed by atoms with E-state index in [1.54, 1.807) is 6.92 Å². The molecule has 4 nitrogen and oxygen atoms in total. The van der Waals surface area contributed by atoms with Gasteiger partial charge in [0.05, 0.1) is 6.54 Å². The first-order valence-corrected chi connectivity index (χ1v) is 4.95. The highest BCUT2D eigenvalue weighted by atomic mass is 16.1. The summed E-state index contributed by atoms with van der Waals surface area (Å²) >= 11 is 0. The normalized spacial score (nSPS) is 16.7. The molecule has 4 heteroatoms. The number of aromatic nitrogens is 2. The molecule has 0 aliphatic carbocycles. The second kappa shape index (κ2) is 3.53. The number of H-pyrrole nitrogens is 1. The molecular formula is C10H15N3O. The van der Waals surface area contributed by atoms with Gasteiger partial charge in [0, 0.05) is 11.3 Å². The Morgan fingerprint density at radius 2 is 2.14 bits per heavy atom. The molecule has 0 amide bonds. The van der Waals surface area contributed by atoms with Crippen LogP contribution >= 0.6 is 0 Å². The summed E-state index contributed by atoms with van der Waals surface area (Å²) in [6.45, 7) is 6.70. The summed E-state index contributed by atoms with van der Waals surface area (Å²) < 4.78 is 0. The smallest absolute Gasteiger partial charge is 0.254 e. The summed E-state index contributed by atoms with van der Waals surface area (Å²) in [5.74, 6) is 0.790. The van der Waals surface area contributed by atoms with Gasteiger partial charge in [0.1, 0.15) is 5.82 Å². The fourth-order valence-electron chi connectivity index (χ4n) is 1.53. The molecule has 1 aromatic heterocycles. The van der Waals surface area contributed by atoms with Crippen LogP contribution in [0.15, 0.2) is 4.79 Å². The van der Waals surface area contributed by atoms with Gasteiger partial charge in [-0.15, -0.1) is 0 Å². The van der Waals surface area contributed by atoms with Crippen molar-refractivity contribution < 1.29 is 0 Å². The van der Waals surface area contributed by atoms with Crippen LogP contribution in [0.25, 0.3) is 0 Å². The molecule has 0 spiro atoms. The lowest BCUT2D eigenvalue weighted by Gasteiger charge is -2.29. The van der Waals surface area contributed by atoms with Crippen LogP contribution < -0.4 is 5.56 Å². The largest absolute Gasteiger partial charge is 0.309 e. The van der Waals surface area contributed by atoms with Crippen molar-refractivity contribution in [1.82, 2.24) is 14.9 Å². The van der Waals surface area contributed by atoms with Crippen LogP contribution in [0.5, 0.6) is 0 Å². The van der Waals surface area contributed by atoms with Gasteiger partial charge < -0.3 is 4.98 Å². The summed E-state index contributed by atoms with van der Waals surface area (Å²) in [5.41, 5.74) is 1.55. The minimum absolute atomic E-state index is 0.00646. The number of nitrogens with zero attached hydrogens (tertiary/aromatic N) is 2. The van der Waals surface area contributed by atoms with Crippen LogP contribution in [-0.2, 0) is 6.54 Å². The number of aromatic amines is 1. The maximum Gasteiger partial charge on any atom is 0.254 e. The first-order chi connectivity index (χ1) is 6.66. The van der Waals surface area contributed by atoms with Crippen LogP contribution in [0.4, 0.5) is 0 Å². The first-order valence-electron chi connectivity index (χ1n) is 4.95. The van der Waals surface area contributed by atoms with E-state index in [-0.39, 0.29) is 5.56 Å². The number of rotatable bonds is 2. The standard InChI is InChI=1S/C10H15N3O/c1-7-8(2)11-9(12-10(7)14)6-13-4-3-5-13/h3-6H2,1-2H3,(H,11,12,14). The number of aryl methyl sites for hydroxylation is 1. The van der Waals surface area contributed by atoms with E-state index in [4.69, 9.17) is 0 Å². The lowest BCUT2D eigenvalue weighted by molar-refractivity contribution is 0.168. The van der Waals surface area contributed by atoms with Crippen molar-refractivity contribution in [2.24, 2.45) is 0 Å². The predicted molar refractivity (Wildman–Crippen MR) is 54.2 cm³/mol. The highest BCUT2D eigenvalue weighted by Crippen LogP contribution is 2.09. The Hall–Kier alpha value is -1.16. The molecule has 0 saturated carbocycles. The molecule has 2 heterocycles. The Labute approximate surface area is 83.0 Å². The predicted octanol–water partition coefficient (Wildman–Crippen LogP) is 0.592. The van der Waals surface area contributed by atoms with Gasteiger partial charge in [-0.25, -0.2) is 4.98 Å². The molecule has 0 aromatic carbocycles. The molecule has 1 N–H and O–H groups in total. The topological polar surface area (TPSA) is 49.0 Å². The Morgan fingerprint density at radius 3 is 2.64 bits per heavy atom. The fourth-order valence-corrected chi connectivity index (χ4v) is 1.53. The molecule has 1 fully saturated rings. The van der Waals surface area contributed by atoms with Gasteiger partial charge in [-0.05, 0) is 33.4 Å². The van der Waals surface area contributed by atoms with E-state index in [0.29, 0.717) is 0 Å². The monoisotopic (exact) mass is 193 g/mol. The molecule has 14 heavy (non-hydrogen) atoms. The van der Waals surface area contributed by atoms with E-state index < -0.39 is 0 Å². The second-order valence-electron chi connectivity index (χ2n) is 3.85. The Bertz CT molecular complexity index is 393. The van der Waals surface area contributed by atoms with E-state index in [1.807, 2.05) is 6.92 Å². The van der Waals surface area contributed by atoms with E-state index in [9.17, 15) is 4.79 Å². The van der Waals surface area contributed by atoms with Crippen molar-refractivity contribution in [2.45, 2.75) is 26.8 Å². The summed E-state index contributed by atoms with van der Waals surface area (Å²) in [6, 6.07) is 0. The molecule has 1 saturated heterocycles. The lowest BCUT2D eigenvalue weighted by Crippen LogP contribution is -2.37. The number of hydrogen-bond donors (Lipinski definition) is 1. The Morgan fingerprint density at radius 1 is 1.43 bits per heavy atom. The van der Waals surface area contributed by atoms with Crippen molar-refractivity contribution in [2.75, 3.05) is 13.1 Å². The van der Waals surface area contributed by atoms with Gasteiger partial charge in [-0.2, -0.15) is 0 Å². The molecule has 0 radical (unpaired) electrons. The molecule has 0 unspecified atom stereocenters. The van der Waals surface area contributed by atoms with Crippen LogP contribution in [0.2, 0.25) is 0 Å². The van der Waals surface area contributed by atoms with Crippen molar-refractivity contribution in [1.29, 1.82) is 0 Å². The highest BCUT2D eigenvalue weighted by molar-refractivity contribution is 5.14. The second-order valence-corrected chi connectivity index (χ2v) is 3.85. The zero-order valence-corrected chi connectivity index (χ0v) is 8.63. The molecule has 1 aliphatic rings. The molecule has 76 valence electrons. The van der Waals surface area contributed by atoms with Gasteiger partial charge >= 0.3 is 0 Å². The third-order valence-electron chi connectivity index (χ3n) is 2.77. The number of hydrogen-bond acceptors (Lipinski definition) is 3. The molecule has 1 aromatic rings. The minimum atomic E-state index is -0.00646. The number of nitrogens with one attached hydrogen (secondary N) is 1. The van der Waals surface area contributed by atoms with Gasteiger partial charge in [0.2, 0.25) is 0 Å². The quantitative estimate of drug-likeness (QED) is 0.748.